The van der Waals surface area contributed by atoms with Gasteiger partial charge in [0.2, 0.25) is 0 Å². The van der Waals surface area contributed by atoms with Crippen molar-refractivity contribution in [2.24, 2.45) is 5.16 Å². The number of oxime groups is 1. The lowest BCUT2D eigenvalue weighted by molar-refractivity contribution is 0.0589. The summed E-state index contributed by atoms with van der Waals surface area (Å²) in [6.45, 7) is 2.17. The number of amidine groups is 1. The highest BCUT2D eigenvalue weighted by Crippen LogP contribution is 2.29. The van der Waals surface area contributed by atoms with Gasteiger partial charge in [0.25, 0.3) is 0 Å². The lowest BCUT2D eigenvalue weighted by Gasteiger charge is -2.35. The Hall–Kier alpha value is -3.79. The maximum absolute atomic E-state index is 13.9. The number of methoxy groups -OCH3 is 1. The predicted molar refractivity (Wildman–Crippen MR) is 125 cm³/mol. The molecule has 1 aromatic heterocycles. The topological polar surface area (TPSA) is 72.1 Å². The third kappa shape index (κ3) is 5.32. The fraction of sp³-hybridized carbons (Fsp3) is 0.280. The largest absolute Gasteiger partial charge is 0.495 e. The molecule has 0 saturated carbocycles. The Balaban J connectivity index is 1.61. The molecule has 2 heterocycles. The molecule has 0 aliphatic carbocycles. The molecule has 35 heavy (non-hydrogen) atoms. The summed E-state index contributed by atoms with van der Waals surface area (Å²) in [5.41, 5.74) is 2.73. The minimum absolute atomic E-state index is 0.0140. The minimum Gasteiger partial charge on any atom is -0.495 e. The summed E-state index contributed by atoms with van der Waals surface area (Å²) in [6.07, 6.45) is 7.49. The van der Waals surface area contributed by atoms with Crippen LogP contribution in [0.4, 0.5) is 13.2 Å². The molecule has 0 spiro atoms. The van der Waals surface area contributed by atoms with E-state index in [4.69, 9.17) is 9.57 Å². The molecule has 0 unspecified atom stereocenters. The Labute approximate surface area is 200 Å². The van der Waals surface area contributed by atoms with Gasteiger partial charge in [-0.05, 0) is 54.8 Å². The van der Waals surface area contributed by atoms with E-state index in [9.17, 15) is 18.3 Å². The number of hydrogen-bond donors (Lipinski definition) is 1. The van der Waals surface area contributed by atoms with Gasteiger partial charge >= 0.3 is 0 Å². The molecule has 1 N–H and O–H groups in total. The smallest absolute Gasteiger partial charge is 0.194 e. The number of aromatic nitrogens is 2. The summed E-state index contributed by atoms with van der Waals surface area (Å²) in [4.78, 5) is 11.3. The number of aliphatic hydroxyl groups is 1. The van der Waals surface area contributed by atoms with E-state index in [1.807, 2.05) is 35.9 Å². The van der Waals surface area contributed by atoms with Crippen LogP contribution in [-0.2, 0) is 4.84 Å². The number of ether oxygens (including phenoxy) is 1. The number of aliphatic hydroxyl groups excluding tert-OH is 1. The standard InChI is InChI=1S/C25H25F3N4O3/c1-16-13-31(15-29-16)21-6-4-17(10-23(21)34-2)5-7-24-30-35-14-22(32(24)8-3-9-33)18-11-19(26)25(28)20(27)12-18/h4-7,10-13,15,22,33H,3,8-9,14H2,1-2H3/t22-/m1/s1. The average molecular weight is 486 g/mol. The van der Waals surface area contributed by atoms with Gasteiger partial charge in [0.05, 0.1) is 30.9 Å². The van der Waals surface area contributed by atoms with Crippen LogP contribution in [0, 0.1) is 24.4 Å². The maximum atomic E-state index is 13.9. The molecule has 0 bridgehead atoms. The Morgan fingerprint density at radius 1 is 1.17 bits per heavy atom. The molecule has 0 radical (unpaired) electrons. The molecule has 1 atom stereocenters. The van der Waals surface area contributed by atoms with E-state index < -0.39 is 23.5 Å². The van der Waals surface area contributed by atoms with E-state index in [2.05, 4.69) is 10.1 Å². The van der Waals surface area contributed by atoms with Crippen molar-refractivity contribution in [3.8, 4) is 11.4 Å². The van der Waals surface area contributed by atoms with Gasteiger partial charge in [-0.3, -0.25) is 0 Å². The Kier molecular flexibility index (Phi) is 7.40. The van der Waals surface area contributed by atoms with Gasteiger partial charge in [-0.2, -0.15) is 0 Å². The first-order valence-electron chi connectivity index (χ1n) is 11.0. The molecule has 2 aromatic carbocycles. The van der Waals surface area contributed by atoms with Gasteiger partial charge in [-0.1, -0.05) is 17.3 Å². The van der Waals surface area contributed by atoms with Crippen molar-refractivity contribution in [1.82, 2.24) is 14.5 Å². The minimum atomic E-state index is -1.52. The number of nitrogens with zero attached hydrogens (tertiary/aromatic N) is 4. The van der Waals surface area contributed by atoms with E-state index >= 15 is 0 Å². The Bertz CT molecular complexity index is 1240. The van der Waals surface area contributed by atoms with Crippen molar-refractivity contribution in [2.45, 2.75) is 19.4 Å². The van der Waals surface area contributed by atoms with Crippen molar-refractivity contribution in [2.75, 3.05) is 26.9 Å². The number of aryl methyl sites for hydroxylation is 1. The molecule has 1 aliphatic rings. The molecule has 0 amide bonds. The SMILES string of the molecule is COc1cc(C=CC2=NOC[C@H](c3cc(F)c(F)c(F)c3)N2CCCO)ccc1-n1cnc(C)c1. The molecular formula is C25H25F3N4O3. The van der Waals surface area contributed by atoms with Crippen LogP contribution >= 0.6 is 0 Å². The van der Waals surface area contributed by atoms with Crippen molar-refractivity contribution >= 4 is 11.9 Å². The molecule has 10 heteroatoms. The van der Waals surface area contributed by atoms with Crippen LogP contribution < -0.4 is 4.74 Å². The maximum Gasteiger partial charge on any atom is 0.194 e. The zero-order valence-corrected chi connectivity index (χ0v) is 19.3. The summed E-state index contributed by atoms with van der Waals surface area (Å²) >= 11 is 0. The number of halogens is 3. The molecule has 1 aliphatic heterocycles. The summed E-state index contributed by atoms with van der Waals surface area (Å²) in [7, 11) is 1.58. The quantitative estimate of drug-likeness (QED) is 0.479. The van der Waals surface area contributed by atoms with E-state index in [0.717, 1.165) is 29.1 Å². The van der Waals surface area contributed by atoms with Crippen molar-refractivity contribution < 1.29 is 27.9 Å². The van der Waals surface area contributed by atoms with Gasteiger partial charge in [0.1, 0.15) is 12.4 Å². The van der Waals surface area contributed by atoms with Gasteiger partial charge in [0, 0.05) is 19.3 Å². The van der Waals surface area contributed by atoms with Crippen LogP contribution in [0.1, 0.15) is 29.3 Å². The van der Waals surface area contributed by atoms with Crippen LogP contribution in [0.5, 0.6) is 5.75 Å². The Morgan fingerprint density at radius 2 is 1.94 bits per heavy atom. The number of imidazole rings is 1. The van der Waals surface area contributed by atoms with E-state index in [-0.39, 0.29) is 18.8 Å². The molecule has 4 rings (SSSR count). The van der Waals surface area contributed by atoms with E-state index in [1.165, 1.54) is 0 Å². The molecular weight excluding hydrogens is 461 g/mol. The second kappa shape index (κ2) is 10.6. The third-order valence-corrected chi connectivity index (χ3v) is 5.63. The molecule has 0 saturated heterocycles. The summed E-state index contributed by atoms with van der Waals surface area (Å²) < 4.78 is 48.7. The van der Waals surface area contributed by atoms with Crippen LogP contribution in [-0.4, -0.2) is 52.3 Å². The zero-order chi connectivity index (χ0) is 24.9. The number of rotatable bonds is 8. The summed E-state index contributed by atoms with van der Waals surface area (Å²) in [6, 6.07) is 6.93. The van der Waals surface area contributed by atoms with Crippen molar-refractivity contribution in [3.63, 3.8) is 0 Å². The van der Waals surface area contributed by atoms with E-state index in [1.54, 1.807) is 30.5 Å². The second-order valence-electron chi connectivity index (χ2n) is 8.02. The highest BCUT2D eigenvalue weighted by Gasteiger charge is 2.29. The zero-order valence-electron chi connectivity index (χ0n) is 19.3. The second-order valence-corrected chi connectivity index (χ2v) is 8.02. The van der Waals surface area contributed by atoms with Crippen LogP contribution in [0.25, 0.3) is 11.8 Å². The third-order valence-electron chi connectivity index (χ3n) is 5.63. The van der Waals surface area contributed by atoms with Gasteiger partial charge < -0.3 is 24.1 Å². The number of hydrogen-bond acceptors (Lipinski definition) is 6. The first-order chi connectivity index (χ1) is 16.9. The first kappa shape index (κ1) is 24.3. The summed E-state index contributed by atoms with van der Waals surface area (Å²) in [5.74, 6) is -3.04. The van der Waals surface area contributed by atoms with Crippen molar-refractivity contribution in [3.05, 3.63) is 83.2 Å². The fourth-order valence-corrected chi connectivity index (χ4v) is 3.89. The monoisotopic (exact) mass is 486 g/mol. The summed E-state index contributed by atoms with van der Waals surface area (Å²) in [5, 5.41) is 13.4. The lowest BCUT2D eigenvalue weighted by atomic mass is 10.0. The van der Waals surface area contributed by atoms with Crippen molar-refractivity contribution in [1.29, 1.82) is 0 Å². The fourth-order valence-electron chi connectivity index (χ4n) is 3.89. The highest BCUT2D eigenvalue weighted by molar-refractivity contribution is 5.96. The molecule has 184 valence electrons. The van der Waals surface area contributed by atoms with Gasteiger partial charge in [0.15, 0.2) is 23.3 Å². The molecule has 7 nitrogen and oxygen atoms in total. The van der Waals surface area contributed by atoms with E-state index in [0.29, 0.717) is 24.6 Å². The predicted octanol–water partition coefficient (Wildman–Crippen LogP) is 4.39. The highest BCUT2D eigenvalue weighted by atomic mass is 19.2. The first-order valence-corrected chi connectivity index (χ1v) is 11.0. The van der Waals surface area contributed by atoms with Crippen LogP contribution in [0.2, 0.25) is 0 Å². The van der Waals surface area contributed by atoms with Gasteiger partial charge in [-0.15, -0.1) is 0 Å². The molecule has 0 fully saturated rings. The lowest BCUT2D eigenvalue weighted by Crippen LogP contribution is -2.40. The molecule has 3 aromatic rings. The van der Waals surface area contributed by atoms with Crippen LogP contribution in [0.3, 0.4) is 0 Å². The number of benzene rings is 2. The van der Waals surface area contributed by atoms with Crippen LogP contribution in [0.15, 0.2) is 54.1 Å². The average Bonchev–Trinajstić information content (AvgIpc) is 3.30. The Morgan fingerprint density at radius 3 is 2.60 bits per heavy atom. The normalized spacial score (nSPS) is 15.9. The van der Waals surface area contributed by atoms with Gasteiger partial charge in [-0.25, -0.2) is 18.2 Å².